The Balaban J connectivity index is 2.10. The Morgan fingerprint density at radius 1 is 1.17 bits per heavy atom. The van der Waals surface area contributed by atoms with Crippen LogP contribution < -0.4 is 0 Å². The summed E-state index contributed by atoms with van der Waals surface area (Å²) in [5.74, 6) is -2.20. The van der Waals surface area contributed by atoms with Crippen LogP contribution in [0, 0.1) is 29.1 Å². The summed E-state index contributed by atoms with van der Waals surface area (Å²) >= 11 is 4.73. The second-order valence-electron chi connectivity index (χ2n) is 9.88. The topological polar surface area (TPSA) is 96.0 Å². The van der Waals surface area contributed by atoms with E-state index in [2.05, 4.69) is 15.9 Å². The molecule has 4 aliphatic rings. The Morgan fingerprint density at radius 2 is 1.75 bits per heavy atom. The molecule has 0 saturated heterocycles. The lowest BCUT2D eigenvalue weighted by Crippen LogP contribution is -2.77. The largest absolute Gasteiger partial charge is 0.382 e. The molecule has 10 heteroatoms. The van der Waals surface area contributed by atoms with Crippen molar-refractivity contribution in [2.75, 3.05) is 20.0 Å². The molecule has 0 heterocycles. The predicted molar refractivity (Wildman–Crippen MR) is 141 cm³/mol. The zero-order valence-electron chi connectivity index (χ0n) is 21.4. The van der Waals surface area contributed by atoms with Crippen LogP contribution in [-0.2, 0) is 33.4 Å². The summed E-state index contributed by atoms with van der Waals surface area (Å²) in [6.07, 6.45) is 2.46. The van der Waals surface area contributed by atoms with Crippen molar-refractivity contribution >= 4 is 48.7 Å². The average Bonchev–Trinajstić information content (AvgIpc) is 3.19. The number of halogens is 1. The Hall–Kier alpha value is -1.46. The molecular formula is C26H31BrO7S2. The lowest BCUT2D eigenvalue weighted by Gasteiger charge is -2.66. The van der Waals surface area contributed by atoms with Gasteiger partial charge in [-0.3, -0.25) is 9.59 Å². The number of carbonyl (C=O) groups is 2. The van der Waals surface area contributed by atoms with E-state index in [1.165, 1.54) is 26.4 Å². The minimum atomic E-state index is -4.34. The van der Waals surface area contributed by atoms with Crippen molar-refractivity contribution in [3.05, 3.63) is 51.7 Å². The van der Waals surface area contributed by atoms with E-state index in [9.17, 15) is 18.0 Å². The van der Waals surface area contributed by atoms with Gasteiger partial charge in [-0.25, -0.2) is 0 Å². The molecule has 36 heavy (non-hydrogen) atoms. The van der Waals surface area contributed by atoms with Crippen molar-refractivity contribution in [1.82, 2.24) is 0 Å². The minimum absolute atomic E-state index is 0.0404. The van der Waals surface area contributed by atoms with Gasteiger partial charge in [-0.15, -0.1) is 0 Å². The molecule has 3 unspecified atom stereocenters. The van der Waals surface area contributed by atoms with Gasteiger partial charge in [-0.1, -0.05) is 65.3 Å². The minimum Gasteiger partial charge on any atom is -0.382 e. The maximum atomic E-state index is 14.4. The van der Waals surface area contributed by atoms with Crippen LogP contribution in [0.15, 0.2) is 51.1 Å². The number of carbonyl (C=O) groups excluding carboxylic acids is 2. The Bertz CT molecular complexity index is 1300. The summed E-state index contributed by atoms with van der Waals surface area (Å²) in [5.41, 5.74) is -2.87. The molecular weight excluding hydrogens is 568 g/mol. The van der Waals surface area contributed by atoms with Gasteiger partial charge in [0.15, 0.2) is 5.12 Å². The first kappa shape index (κ1) is 27.6. The van der Waals surface area contributed by atoms with E-state index in [1.807, 2.05) is 26.8 Å². The number of rotatable bonds is 7. The van der Waals surface area contributed by atoms with E-state index in [4.69, 9.17) is 13.7 Å². The van der Waals surface area contributed by atoms with E-state index in [0.29, 0.717) is 22.2 Å². The Morgan fingerprint density at radius 3 is 2.28 bits per heavy atom. The van der Waals surface area contributed by atoms with Crippen LogP contribution in [0.2, 0.25) is 0 Å². The van der Waals surface area contributed by atoms with E-state index < -0.39 is 32.2 Å². The van der Waals surface area contributed by atoms with E-state index in [1.54, 1.807) is 26.0 Å². The van der Waals surface area contributed by atoms with Crippen LogP contribution in [-0.4, -0.2) is 45.1 Å². The third-order valence-electron chi connectivity index (χ3n) is 8.45. The first-order chi connectivity index (χ1) is 16.8. The molecule has 1 fully saturated rings. The zero-order valence-corrected chi connectivity index (χ0v) is 24.6. The van der Waals surface area contributed by atoms with Gasteiger partial charge in [0, 0.05) is 14.2 Å². The van der Waals surface area contributed by atoms with Crippen LogP contribution in [0.3, 0.4) is 0 Å². The highest BCUT2D eigenvalue weighted by Crippen LogP contribution is 2.78. The SMILES string of the molecule is CCSC(=O)C1(C)C2=CC[C@H](C)C23C(=O)C(OC)(OC)C1(C)C(OS(=O)(=O)c1ccc(C)cc1)=C3Br. The summed E-state index contributed by atoms with van der Waals surface area (Å²) in [7, 11) is -1.66. The quantitative estimate of drug-likeness (QED) is 0.242. The van der Waals surface area contributed by atoms with Gasteiger partial charge in [0.25, 0.3) is 0 Å². The number of ketones is 1. The third kappa shape index (κ3) is 3.02. The van der Waals surface area contributed by atoms with Crippen molar-refractivity contribution in [1.29, 1.82) is 0 Å². The molecule has 0 amide bonds. The zero-order chi connectivity index (χ0) is 26.9. The molecule has 1 aromatic rings. The number of aryl methyl sites for hydroxylation is 1. The highest BCUT2D eigenvalue weighted by Gasteiger charge is 2.84. The first-order valence-electron chi connectivity index (χ1n) is 11.7. The lowest BCUT2D eigenvalue weighted by atomic mass is 9.40. The fraction of sp³-hybridized carbons (Fsp3) is 0.538. The molecule has 5 rings (SSSR count). The Labute approximate surface area is 225 Å². The summed E-state index contributed by atoms with van der Waals surface area (Å²) in [5, 5.41) is -0.211. The van der Waals surface area contributed by atoms with Crippen LogP contribution in [0.1, 0.15) is 39.7 Å². The van der Waals surface area contributed by atoms with Crippen molar-refractivity contribution < 1.29 is 31.7 Å². The third-order valence-corrected chi connectivity index (χ3v) is 11.6. The number of Topliss-reactive ketones (excluding diaryl/α,β-unsaturated/α-hetero) is 1. The molecule has 0 N–H and O–H groups in total. The number of hydrogen-bond acceptors (Lipinski definition) is 8. The molecule has 0 aliphatic heterocycles. The predicted octanol–water partition coefficient (Wildman–Crippen LogP) is 5.14. The van der Waals surface area contributed by atoms with Crippen LogP contribution in [0.25, 0.3) is 0 Å². The maximum absolute atomic E-state index is 14.4. The highest BCUT2D eigenvalue weighted by molar-refractivity contribution is 9.11. The summed E-state index contributed by atoms with van der Waals surface area (Å²) in [6.45, 7) is 8.99. The molecule has 0 radical (unpaired) electrons. The molecule has 0 aromatic heterocycles. The van der Waals surface area contributed by atoms with Crippen LogP contribution in [0.4, 0.5) is 0 Å². The van der Waals surface area contributed by atoms with Crippen molar-refractivity contribution in [3.63, 3.8) is 0 Å². The van der Waals surface area contributed by atoms with Crippen molar-refractivity contribution in [2.24, 2.45) is 22.2 Å². The number of allylic oxidation sites excluding steroid dienone is 3. The van der Waals surface area contributed by atoms with Crippen molar-refractivity contribution in [3.8, 4) is 0 Å². The molecule has 196 valence electrons. The number of ether oxygens (including phenoxy) is 2. The number of benzene rings is 1. The van der Waals surface area contributed by atoms with Gasteiger partial charge in [0.1, 0.15) is 16.1 Å². The number of thioether (sulfide) groups is 1. The standard InChI is InChI=1S/C26H31BrO7S2/c1-8-35-22(29)23(4)18-14-11-16(3)25(18)19(27)20(24(23,5)26(32-6,33-7)21(25)28)34-36(30,31)17-12-9-15(2)10-13-17/h9-10,12-14,16H,8,11H2,1-7H3/t16-,23?,24?,25?/m0/s1. The van der Waals surface area contributed by atoms with Gasteiger partial charge >= 0.3 is 10.1 Å². The second-order valence-corrected chi connectivity index (χ2v) is 13.5. The van der Waals surface area contributed by atoms with Crippen molar-refractivity contribution in [2.45, 2.75) is 51.7 Å². The normalized spacial score (nSPS) is 32.9. The average molecular weight is 600 g/mol. The first-order valence-corrected chi connectivity index (χ1v) is 14.9. The van der Waals surface area contributed by atoms with Gasteiger partial charge in [-0.05, 0) is 56.6 Å². The molecule has 1 saturated carbocycles. The van der Waals surface area contributed by atoms with Gasteiger partial charge in [0.05, 0.1) is 15.3 Å². The van der Waals surface area contributed by atoms with E-state index in [0.717, 1.165) is 17.3 Å². The highest BCUT2D eigenvalue weighted by atomic mass is 79.9. The van der Waals surface area contributed by atoms with Crippen LogP contribution >= 0.6 is 27.7 Å². The maximum Gasteiger partial charge on any atom is 0.338 e. The molecule has 7 nitrogen and oxygen atoms in total. The molecule has 4 aliphatic carbocycles. The monoisotopic (exact) mass is 598 g/mol. The lowest BCUT2D eigenvalue weighted by molar-refractivity contribution is -0.288. The summed E-state index contributed by atoms with van der Waals surface area (Å²) < 4.78 is 45.1. The fourth-order valence-corrected chi connectivity index (χ4v) is 9.66. The second kappa shape index (κ2) is 8.80. The smallest absolute Gasteiger partial charge is 0.338 e. The molecule has 1 aromatic carbocycles. The van der Waals surface area contributed by atoms with Crippen LogP contribution in [0.5, 0.6) is 0 Å². The van der Waals surface area contributed by atoms with Gasteiger partial charge in [0.2, 0.25) is 11.6 Å². The van der Waals surface area contributed by atoms with Gasteiger partial charge in [-0.2, -0.15) is 8.42 Å². The van der Waals surface area contributed by atoms with E-state index >= 15 is 0 Å². The number of hydrogen-bond donors (Lipinski definition) is 0. The molecule has 1 spiro atoms. The summed E-state index contributed by atoms with van der Waals surface area (Å²) in [6, 6.07) is 6.28. The van der Waals surface area contributed by atoms with E-state index in [-0.39, 0.29) is 27.5 Å². The number of methoxy groups -OCH3 is 2. The van der Waals surface area contributed by atoms with Gasteiger partial charge < -0.3 is 13.7 Å². The fourth-order valence-electron chi connectivity index (χ4n) is 6.39. The molecule has 2 bridgehead atoms. The summed E-state index contributed by atoms with van der Waals surface area (Å²) in [4.78, 5) is 28.3. The number of fused-ring (bicyclic) bond motifs is 1. The molecule has 4 atom stereocenters. The Kier molecular flexibility index (Phi) is 6.74.